The summed E-state index contributed by atoms with van der Waals surface area (Å²) in [7, 11) is 0. The first-order valence-electron chi connectivity index (χ1n) is 6.56. The fourth-order valence-electron chi connectivity index (χ4n) is 2.45. The molecule has 0 aliphatic rings. The van der Waals surface area contributed by atoms with Crippen LogP contribution in [0.3, 0.4) is 0 Å². The van der Waals surface area contributed by atoms with Crippen molar-refractivity contribution in [3.63, 3.8) is 0 Å². The van der Waals surface area contributed by atoms with E-state index in [0.717, 1.165) is 15.1 Å². The van der Waals surface area contributed by atoms with Gasteiger partial charge in [0.15, 0.2) is 0 Å². The molecule has 0 aliphatic heterocycles. The molecule has 0 bridgehead atoms. The predicted octanol–water partition coefficient (Wildman–Crippen LogP) is 4.14. The van der Waals surface area contributed by atoms with Gasteiger partial charge in [0.25, 0.3) is 0 Å². The van der Waals surface area contributed by atoms with E-state index in [-0.39, 0.29) is 6.04 Å². The highest BCUT2D eigenvalue weighted by atomic mass is 127. The van der Waals surface area contributed by atoms with Gasteiger partial charge in [0, 0.05) is 0 Å². The number of hydrogen-bond acceptors (Lipinski definition) is 2. The highest BCUT2D eigenvalue weighted by molar-refractivity contribution is 14.1. The summed E-state index contributed by atoms with van der Waals surface area (Å²) in [5.41, 5.74) is 8.35. The van der Waals surface area contributed by atoms with E-state index in [4.69, 9.17) is 5.73 Å². The topological polar surface area (TPSA) is 43.8 Å². The molecule has 0 radical (unpaired) electrons. The molecule has 0 amide bonds. The normalized spacial score (nSPS) is 12.8. The number of nitrogens with two attached hydrogens (primary N) is 1. The minimum Gasteiger partial charge on any atom is -0.383 e. The van der Waals surface area contributed by atoms with Gasteiger partial charge in [0.2, 0.25) is 0 Å². The lowest BCUT2D eigenvalue weighted by molar-refractivity contribution is 0.569. The van der Waals surface area contributed by atoms with Crippen molar-refractivity contribution in [2.45, 2.75) is 19.9 Å². The van der Waals surface area contributed by atoms with Crippen LogP contribution in [0.5, 0.6) is 0 Å². The molecule has 1 aromatic heterocycles. The van der Waals surface area contributed by atoms with Gasteiger partial charge in [0.05, 0.1) is 15.3 Å². The van der Waals surface area contributed by atoms with Gasteiger partial charge >= 0.3 is 0 Å². The molecule has 0 saturated carbocycles. The third kappa shape index (κ3) is 2.18. The maximum atomic E-state index is 6.15. The van der Waals surface area contributed by atoms with E-state index in [1.807, 2.05) is 11.6 Å². The summed E-state index contributed by atoms with van der Waals surface area (Å²) < 4.78 is 2.94. The van der Waals surface area contributed by atoms with Crippen LogP contribution in [0.15, 0.2) is 42.5 Å². The molecule has 3 rings (SSSR count). The minimum atomic E-state index is 0.127. The Morgan fingerprint density at radius 1 is 1.15 bits per heavy atom. The van der Waals surface area contributed by atoms with E-state index in [9.17, 15) is 0 Å². The van der Waals surface area contributed by atoms with Gasteiger partial charge in [-0.2, -0.15) is 5.10 Å². The zero-order valence-electron chi connectivity index (χ0n) is 11.5. The smallest absolute Gasteiger partial charge is 0.136 e. The third-order valence-corrected chi connectivity index (χ3v) is 5.00. The quantitative estimate of drug-likeness (QED) is 0.683. The van der Waals surface area contributed by atoms with Crippen molar-refractivity contribution in [1.82, 2.24) is 9.78 Å². The fourth-order valence-corrected chi connectivity index (χ4v) is 2.80. The number of aryl methyl sites for hydroxylation is 1. The van der Waals surface area contributed by atoms with Crippen molar-refractivity contribution < 1.29 is 0 Å². The molecule has 1 atom stereocenters. The Morgan fingerprint density at radius 2 is 1.85 bits per heavy atom. The average molecular weight is 377 g/mol. The lowest BCUT2D eigenvalue weighted by Crippen LogP contribution is -2.11. The first-order chi connectivity index (χ1) is 9.58. The second-order valence-corrected chi connectivity index (χ2v) is 6.09. The Morgan fingerprint density at radius 3 is 2.50 bits per heavy atom. The first kappa shape index (κ1) is 13.4. The first-order valence-corrected chi connectivity index (χ1v) is 7.64. The Balaban J connectivity index is 2.07. The van der Waals surface area contributed by atoms with Crippen molar-refractivity contribution in [2.75, 3.05) is 5.73 Å². The van der Waals surface area contributed by atoms with Crippen molar-refractivity contribution in [1.29, 1.82) is 0 Å². The number of hydrogen-bond donors (Lipinski definition) is 1. The summed E-state index contributed by atoms with van der Waals surface area (Å²) in [5.74, 6) is 0.740. The fraction of sp³-hybridized carbons (Fsp3) is 0.188. The van der Waals surface area contributed by atoms with E-state index in [2.05, 4.69) is 77.1 Å². The second kappa shape index (κ2) is 5.09. The number of aromatic nitrogens is 2. The van der Waals surface area contributed by atoms with E-state index in [0.29, 0.717) is 0 Å². The van der Waals surface area contributed by atoms with Crippen molar-refractivity contribution >= 4 is 39.2 Å². The van der Waals surface area contributed by atoms with Gasteiger partial charge in [-0.05, 0) is 58.8 Å². The standard InChI is InChI=1S/C16H16IN3/c1-10-15(17)16(18)20(19-10)11(2)13-8-7-12-5-3-4-6-14(12)9-13/h3-9,11H,18H2,1-2H3. The Hall–Kier alpha value is -1.56. The summed E-state index contributed by atoms with van der Waals surface area (Å²) in [6.45, 7) is 4.12. The Kier molecular flexibility index (Phi) is 3.41. The van der Waals surface area contributed by atoms with E-state index < -0.39 is 0 Å². The van der Waals surface area contributed by atoms with Crippen molar-refractivity contribution in [2.24, 2.45) is 0 Å². The molecule has 2 N–H and O–H groups in total. The molecule has 1 heterocycles. The van der Waals surface area contributed by atoms with Gasteiger partial charge in [-0.1, -0.05) is 36.4 Å². The monoisotopic (exact) mass is 377 g/mol. The summed E-state index contributed by atoms with van der Waals surface area (Å²) in [6, 6.07) is 15.0. The van der Waals surface area contributed by atoms with Crippen LogP contribution in [0.2, 0.25) is 0 Å². The van der Waals surface area contributed by atoms with Crippen LogP contribution in [0.4, 0.5) is 5.82 Å². The van der Waals surface area contributed by atoms with Gasteiger partial charge in [-0.15, -0.1) is 0 Å². The van der Waals surface area contributed by atoms with Crippen LogP contribution in [0, 0.1) is 10.5 Å². The van der Waals surface area contributed by atoms with Gasteiger partial charge in [0.1, 0.15) is 5.82 Å². The van der Waals surface area contributed by atoms with Crippen molar-refractivity contribution in [3.05, 3.63) is 57.3 Å². The predicted molar refractivity (Wildman–Crippen MR) is 91.9 cm³/mol. The number of fused-ring (bicyclic) bond motifs is 1. The lowest BCUT2D eigenvalue weighted by Gasteiger charge is -2.15. The van der Waals surface area contributed by atoms with Crippen LogP contribution >= 0.6 is 22.6 Å². The molecule has 20 heavy (non-hydrogen) atoms. The van der Waals surface area contributed by atoms with Crippen LogP contribution in [0.1, 0.15) is 24.2 Å². The number of nitrogen functional groups attached to an aromatic ring is 1. The number of rotatable bonds is 2. The molecular formula is C16H16IN3. The Labute approximate surface area is 131 Å². The highest BCUT2D eigenvalue weighted by Gasteiger charge is 2.16. The zero-order valence-corrected chi connectivity index (χ0v) is 13.6. The number of benzene rings is 2. The molecule has 4 heteroatoms. The largest absolute Gasteiger partial charge is 0.383 e. The van der Waals surface area contributed by atoms with E-state index in [1.54, 1.807) is 0 Å². The lowest BCUT2D eigenvalue weighted by atomic mass is 10.0. The summed E-state index contributed by atoms with van der Waals surface area (Å²) >= 11 is 2.25. The average Bonchev–Trinajstić information content (AvgIpc) is 2.73. The van der Waals surface area contributed by atoms with E-state index >= 15 is 0 Å². The third-order valence-electron chi connectivity index (χ3n) is 3.67. The van der Waals surface area contributed by atoms with Crippen LogP contribution in [0.25, 0.3) is 10.8 Å². The molecule has 0 fully saturated rings. The van der Waals surface area contributed by atoms with Crippen LogP contribution < -0.4 is 5.73 Å². The molecule has 1 unspecified atom stereocenters. The molecular weight excluding hydrogens is 361 g/mol. The molecule has 2 aromatic carbocycles. The summed E-state index contributed by atoms with van der Waals surface area (Å²) in [5, 5.41) is 7.05. The van der Waals surface area contributed by atoms with Gasteiger partial charge in [-0.3, -0.25) is 0 Å². The number of nitrogens with zero attached hydrogens (tertiary/aromatic N) is 2. The summed E-state index contributed by atoms with van der Waals surface area (Å²) in [6.07, 6.45) is 0. The molecule has 0 aliphatic carbocycles. The van der Waals surface area contributed by atoms with Crippen LogP contribution in [-0.2, 0) is 0 Å². The maximum absolute atomic E-state index is 6.15. The summed E-state index contributed by atoms with van der Waals surface area (Å²) in [4.78, 5) is 0. The zero-order chi connectivity index (χ0) is 14.3. The minimum absolute atomic E-state index is 0.127. The molecule has 0 spiro atoms. The second-order valence-electron chi connectivity index (χ2n) is 5.01. The van der Waals surface area contributed by atoms with Crippen molar-refractivity contribution in [3.8, 4) is 0 Å². The number of halogens is 1. The van der Waals surface area contributed by atoms with Gasteiger partial charge in [-0.25, -0.2) is 4.68 Å². The highest BCUT2D eigenvalue weighted by Crippen LogP contribution is 2.27. The molecule has 3 aromatic rings. The SMILES string of the molecule is Cc1nn(C(C)c2ccc3ccccc3c2)c(N)c1I. The van der Waals surface area contributed by atoms with Crippen LogP contribution in [-0.4, -0.2) is 9.78 Å². The molecule has 102 valence electrons. The molecule has 0 saturated heterocycles. The molecule has 3 nitrogen and oxygen atoms in total. The van der Waals surface area contributed by atoms with E-state index in [1.165, 1.54) is 16.3 Å². The number of anilines is 1. The maximum Gasteiger partial charge on any atom is 0.136 e. The Bertz CT molecular complexity index is 776. The van der Waals surface area contributed by atoms with Gasteiger partial charge < -0.3 is 5.73 Å².